The lowest BCUT2D eigenvalue weighted by Crippen LogP contribution is -2.38. The van der Waals surface area contributed by atoms with Gasteiger partial charge < -0.3 is 14.7 Å². The van der Waals surface area contributed by atoms with Crippen LogP contribution in [0, 0.1) is 5.92 Å². The Morgan fingerprint density at radius 2 is 1.54 bits per heavy atom. The van der Waals surface area contributed by atoms with Crippen LogP contribution in [0.25, 0.3) is 11.1 Å². The van der Waals surface area contributed by atoms with Crippen LogP contribution in [-0.4, -0.2) is 52.1 Å². The van der Waals surface area contributed by atoms with E-state index in [0.29, 0.717) is 19.4 Å². The second-order valence-corrected chi connectivity index (χ2v) is 12.3. The fraction of sp³-hybridized carbons (Fsp3) is 0.310. The van der Waals surface area contributed by atoms with Crippen molar-refractivity contribution in [3.05, 3.63) is 95.6 Å². The second kappa shape index (κ2) is 10.5. The fourth-order valence-electron chi connectivity index (χ4n) is 5.62. The van der Waals surface area contributed by atoms with Gasteiger partial charge in [-0.2, -0.15) is 0 Å². The number of rotatable bonds is 8. The molecule has 1 heterocycles. The third-order valence-corrected chi connectivity index (χ3v) is 9.85. The molecule has 3 aromatic carbocycles. The van der Waals surface area contributed by atoms with Crippen molar-refractivity contribution in [3.8, 4) is 11.1 Å². The molecule has 5 rings (SSSR count). The van der Waals surface area contributed by atoms with Crippen LogP contribution in [0.15, 0.2) is 78.9 Å². The number of amides is 1. The summed E-state index contributed by atoms with van der Waals surface area (Å²) in [5, 5.41) is 9.74. The third kappa shape index (κ3) is 5.20. The van der Waals surface area contributed by atoms with Gasteiger partial charge in [-0.05, 0) is 47.1 Å². The van der Waals surface area contributed by atoms with Gasteiger partial charge >= 0.3 is 12.1 Å². The number of carboxylic acid groups (broad SMARTS) is 1. The number of hydrogen-bond donors (Lipinski definition) is 2. The largest absolute Gasteiger partial charge is 0.481 e. The van der Waals surface area contributed by atoms with Crippen molar-refractivity contribution in [2.24, 2.45) is 5.92 Å². The van der Waals surface area contributed by atoms with E-state index in [4.69, 9.17) is 4.74 Å². The molecule has 37 heavy (non-hydrogen) atoms. The van der Waals surface area contributed by atoms with Gasteiger partial charge in [-0.3, -0.25) is 14.3 Å². The highest BCUT2D eigenvalue weighted by molar-refractivity contribution is 7.58. The normalized spacial score (nSPS) is 19.1. The highest BCUT2D eigenvalue weighted by Crippen LogP contribution is 2.53. The van der Waals surface area contributed by atoms with Crippen molar-refractivity contribution in [1.29, 1.82) is 0 Å². The Morgan fingerprint density at radius 1 is 0.946 bits per heavy atom. The summed E-state index contributed by atoms with van der Waals surface area (Å²) < 4.78 is 19.2. The molecule has 2 aliphatic rings. The summed E-state index contributed by atoms with van der Waals surface area (Å²) in [7, 11) is -4.01. The van der Waals surface area contributed by atoms with Crippen LogP contribution in [0.1, 0.15) is 35.4 Å². The molecule has 1 saturated heterocycles. The summed E-state index contributed by atoms with van der Waals surface area (Å²) in [5.41, 5.74) is 5.21. The number of fused-ring (bicyclic) bond motifs is 3. The molecule has 0 saturated carbocycles. The van der Waals surface area contributed by atoms with E-state index in [-0.39, 0.29) is 18.9 Å². The number of hydrogen-bond acceptors (Lipinski definition) is 4. The molecule has 1 aliphatic heterocycles. The minimum Gasteiger partial charge on any atom is -0.481 e. The summed E-state index contributed by atoms with van der Waals surface area (Å²) in [6, 6.07) is 25.1. The molecule has 0 spiro atoms. The van der Waals surface area contributed by atoms with E-state index in [2.05, 4.69) is 12.1 Å². The number of carbonyl (C=O) groups excluding carboxylic acids is 1. The Bertz CT molecular complexity index is 1300. The first-order valence-electron chi connectivity index (χ1n) is 12.5. The highest BCUT2D eigenvalue weighted by atomic mass is 31.2. The smallest absolute Gasteiger partial charge is 0.410 e. The maximum atomic E-state index is 13.5. The molecule has 3 unspecified atom stereocenters. The van der Waals surface area contributed by atoms with Crippen LogP contribution < -0.4 is 0 Å². The molecule has 192 valence electrons. The first kappa shape index (κ1) is 25.2. The number of likely N-dealkylation sites (tertiary alicyclic amines) is 1. The summed E-state index contributed by atoms with van der Waals surface area (Å²) >= 11 is 0. The summed E-state index contributed by atoms with van der Waals surface area (Å²) in [4.78, 5) is 37.4. The molecule has 3 atom stereocenters. The molecule has 3 aromatic rings. The third-order valence-electron chi connectivity index (χ3n) is 7.41. The lowest BCUT2D eigenvalue weighted by atomic mass is 9.98. The van der Waals surface area contributed by atoms with Gasteiger partial charge in [-0.1, -0.05) is 78.9 Å². The molecule has 2 N–H and O–H groups in total. The van der Waals surface area contributed by atoms with Gasteiger partial charge in [-0.25, -0.2) is 4.79 Å². The molecule has 0 radical (unpaired) electrons. The SMILES string of the molecule is O=C(O)C(Cc1ccccc1)CP(=O)(O)C1CCCN1C(=O)OCC1c2ccccc2-c2ccccc21. The number of carboxylic acids is 1. The minimum atomic E-state index is -4.01. The Morgan fingerprint density at radius 3 is 2.16 bits per heavy atom. The monoisotopic (exact) mass is 519 g/mol. The zero-order valence-corrected chi connectivity index (χ0v) is 21.3. The Kier molecular flexibility index (Phi) is 7.18. The lowest BCUT2D eigenvalue weighted by Gasteiger charge is -2.29. The van der Waals surface area contributed by atoms with Gasteiger partial charge in [0.2, 0.25) is 7.37 Å². The molecule has 1 fully saturated rings. The minimum absolute atomic E-state index is 0.111. The molecular formula is C29H30NO6P. The van der Waals surface area contributed by atoms with Gasteiger partial charge in [0.05, 0.1) is 5.92 Å². The number of carbonyl (C=O) groups is 2. The van der Waals surface area contributed by atoms with Crippen molar-refractivity contribution in [2.75, 3.05) is 19.3 Å². The van der Waals surface area contributed by atoms with Gasteiger partial charge in [0, 0.05) is 18.6 Å². The molecule has 0 aromatic heterocycles. The number of aliphatic carboxylic acids is 1. The van der Waals surface area contributed by atoms with E-state index in [0.717, 1.165) is 27.8 Å². The molecule has 8 heteroatoms. The standard InChI is InChI=1S/C29H30NO6P/c31-28(32)21(17-20-9-2-1-3-10-20)19-37(34,35)27-15-8-16-30(27)29(33)36-18-26-24-13-6-4-11-22(24)23-12-5-7-14-25(23)26/h1-7,9-14,21,26-27H,8,15-19H2,(H,31,32)(H,34,35). The predicted octanol–water partition coefficient (Wildman–Crippen LogP) is 5.57. The first-order valence-corrected chi connectivity index (χ1v) is 14.5. The average molecular weight is 520 g/mol. The van der Waals surface area contributed by atoms with E-state index in [1.54, 1.807) is 12.1 Å². The van der Waals surface area contributed by atoms with Gasteiger partial charge in [0.25, 0.3) is 0 Å². The fourth-order valence-corrected chi connectivity index (χ4v) is 8.02. The van der Waals surface area contributed by atoms with E-state index in [1.807, 2.05) is 54.6 Å². The zero-order valence-electron chi connectivity index (χ0n) is 20.4. The first-order chi connectivity index (χ1) is 17.8. The van der Waals surface area contributed by atoms with Crippen LogP contribution in [0.2, 0.25) is 0 Å². The summed E-state index contributed by atoms with van der Waals surface area (Å²) in [5.74, 6) is -3.20. The van der Waals surface area contributed by atoms with Crippen molar-refractivity contribution in [2.45, 2.75) is 31.0 Å². The van der Waals surface area contributed by atoms with Gasteiger partial charge in [-0.15, -0.1) is 0 Å². The van der Waals surface area contributed by atoms with E-state index < -0.39 is 37.3 Å². The van der Waals surface area contributed by atoms with Crippen LogP contribution in [-0.2, 0) is 20.5 Å². The van der Waals surface area contributed by atoms with Crippen LogP contribution >= 0.6 is 7.37 Å². The zero-order chi connectivity index (χ0) is 26.0. The second-order valence-electron chi connectivity index (χ2n) is 9.78. The van der Waals surface area contributed by atoms with Crippen molar-refractivity contribution < 1.29 is 28.9 Å². The van der Waals surface area contributed by atoms with Crippen LogP contribution in [0.4, 0.5) is 4.79 Å². The topological polar surface area (TPSA) is 104 Å². The maximum Gasteiger partial charge on any atom is 0.410 e. The summed E-state index contributed by atoms with van der Waals surface area (Å²) in [6.07, 6.45) is 0.0346. The van der Waals surface area contributed by atoms with Crippen molar-refractivity contribution in [1.82, 2.24) is 4.90 Å². The Labute approximate surface area is 216 Å². The Hall–Kier alpha value is -3.41. The van der Waals surface area contributed by atoms with Gasteiger partial charge in [0.15, 0.2) is 0 Å². The molecule has 7 nitrogen and oxygen atoms in total. The van der Waals surface area contributed by atoms with E-state index in [9.17, 15) is 24.2 Å². The molecule has 1 aliphatic carbocycles. The average Bonchev–Trinajstić information content (AvgIpc) is 3.52. The predicted molar refractivity (Wildman–Crippen MR) is 141 cm³/mol. The Balaban J connectivity index is 1.28. The number of benzene rings is 3. The van der Waals surface area contributed by atoms with Crippen molar-refractivity contribution >= 4 is 19.4 Å². The van der Waals surface area contributed by atoms with Crippen LogP contribution in [0.5, 0.6) is 0 Å². The van der Waals surface area contributed by atoms with Gasteiger partial charge in [0.1, 0.15) is 12.4 Å². The van der Waals surface area contributed by atoms with E-state index in [1.165, 1.54) is 4.90 Å². The lowest BCUT2D eigenvalue weighted by molar-refractivity contribution is -0.141. The molecular weight excluding hydrogens is 489 g/mol. The van der Waals surface area contributed by atoms with Crippen LogP contribution in [0.3, 0.4) is 0 Å². The molecule has 1 amide bonds. The number of nitrogens with zero attached hydrogens (tertiary/aromatic N) is 1. The molecule has 0 bridgehead atoms. The summed E-state index contributed by atoms with van der Waals surface area (Å²) in [6.45, 7) is 0.430. The van der Waals surface area contributed by atoms with Crippen molar-refractivity contribution in [3.63, 3.8) is 0 Å². The highest BCUT2D eigenvalue weighted by Gasteiger charge is 2.44. The quantitative estimate of drug-likeness (QED) is 0.377. The van der Waals surface area contributed by atoms with E-state index >= 15 is 0 Å². The number of ether oxygens (including phenoxy) is 1. The maximum absolute atomic E-state index is 13.5.